The average molecular weight is 258 g/mol. The van der Waals surface area contributed by atoms with E-state index in [1.54, 1.807) is 17.1 Å². The molecule has 6 heteroatoms. The number of carbonyl (C=O) groups is 2. The second-order valence-corrected chi connectivity index (χ2v) is 4.22. The van der Waals surface area contributed by atoms with Crippen LogP contribution in [0.4, 0.5) is 5.69 Å². The number of Topliss-reactive ketones (excluding diaryl/α,β-unsaturated/α-hetero) is 1. The van der Waals surface area contributed by atoms with Crippen molar-refractivity contribution in [2.24, 2.45) is 0 Å². The van der Waals surface area contributed by atoms with Gasteiger partial charge in [-0.25, -0.2) is 9.67 Å². The van der Waals surface area contributed by atoms with Gasteiger partial charge in [-0.3, -0.25) is 9.59 Å². The van der Waals surface area contributed by atoms with Gasteiger partial charge in [0, 0.05) is 5.69 Å². The molecule has 1 heterocycles. The molecule has 1 amide bonds. The van der Waals surface area contributed by atoms with E-state index in [1.807, 2.05) is 18.2 Å². The molecule has 2 aromatic rings. The van der Waals surface area contributed by atoms with Crippen LogP contribution in [0.15, 0.2) is 36.9 Å². The normalized spacial score (nSPS) is 10.2. The van der Waals surface area contributed by atoms with Crippen LogP contribution >= 0.6 is 0 Å². The van der Waals surface area contributed by atoms with E-state index in [0.29, 0.717) is 12.2 Å². The Bertz CT molecular complexity index is 578. The Morgan fingerprint density at radius 2 is 2.21 bits per heavy atom. The number of anilines is 1. The molecule has 98 valence electrons. The Balaban J connectivity index is 2.02. The third kappa shape index (κ3) is 4.02. The highest BCUT2D eigenvalue weighted by Gasteiger charge is 2.06. The fourth-order valence-electron chi connectivity index (χ4n) is 1.68. The lowest BCUT2D eigenvalue weighted by Crippen LogP contribution is -2.14. The van der Waals surface area contributed by atoms with Crippen LogP contribution in [-0.4, -0.2) is 26.5 Å². The molecule has 0 fully saturated rings. The van der Waals surface area contributed by atoms with Crippen molar-refractivity contribution < 1.29 is 9.59 Å². The van der Waals surface area contributed by atoms with E-state index in [2.05, 4.69) is 15.4 Å². The number of hydrogen-bond donors (Lipinski definition) is 1. The van der Waals surface area contributed by atoms with Crippen LogP contribution in [0.25, 0.3) is 0 Å². The van der Waals surface area contributed by atoms with Gasteiger partial charge < -0.3 is 5.32 Å². The SMILES string of the molecule is CC(=O)CC(=O)Nc1cccc(Cn2cncn2)c1. The summed E-state index contributed by atoms with van der Waals surface area (Å²) in [5.74, 6) is -0.457. The highest BCUT2D eigenvalue weighted by Crippen LogP contribution is 2.12. The van der Waals surface area contributed by atoms with Gasteiger partial charge in [-0.2, -0.15) is 5.10 Å². The van der Waals surface area contributed by atoms with E-state index < -0.39 is 0 Å². The number of nitrogens with zero attached hydrogens (tertiary/aromatic N) is 3. The van der Waals surface area contributed by atoms with Crippen molar-refractivity contribution >= 4 is 17.4 Å². The molecule has 0 spiro atoms. The first-order valence-electron chi connectivity index (χ1n) is 5.84. The molecule has 0 radical (unpaired) electrons. The summed E-state index contributed by atoms with van der Waals surface area (Å²) >= 11 is 0. The molecule has 0 bridgehead atoms. The van der Waals surface area contributed by atoms with E-state index in [0.717, 1.165) is 5.56 Å². The van der Waals surface area contributed by atoms with E-state index in [4.69, 9.17) is 0 Å². The van der Waals surface area contributed by atoms with Gasteiger partial charge in [-0.1, -0.05) is 12.1 Å². The maximum absolute atomic E-state index is 11.5. The van der Waals surface area contributed by atoms with Crippen molar-refractivity contribution in [1.29, 1.82) is 0 Å². The minimum atomic E-state index is -0.301. The molecule has 1 N–H and O–H groups in total. The molecular formula is C13H14N4O2. The lowest BCUT2D eigenvalue weighted by Gasteiger charge is -2.06. The van der Waals surface area contributed by atoms with Gasteiger partial charge in [0.05, 0.1) is 13.0 Å². The molecule has 0 unspecified atom stereocenters. The Labute approximate surface area is 110 Å². The third-order valence-electron chi connectivity index (χ3n) is 2.43. The quantitative estimate of drug-likeness (QED) is 0.819. The Morgan fingerprint density at radius 3 is 2.89 bits per heavy atom. The number of benzene rings is 1. The highest BCUT2D eigenvalue weighted by atomic mass is 16.2. The minimum absolute atomic E-state index is 0.104. The summed E-state index contributed by atoms with van der Waals surface area (Å²) in [5.41, 5.74) is 1.66. The van der Waals surface area contributed by atoms with Gasteiger partial charge in [0.25, 0.3) is 0 Å². The van der Waals surface area contributed by atoms with Crippen LogP contribution in [0.5, 0.6) is 0 Å². The van der Waals surface area contributed by atoms with Gasteiger partial charge in [0.1, 0.15) is 18.4 Å². The summed E-state index contributed by atoms with van der Waals surface area (Å²) in [7, 11) is 0. The zero-order chi connectivity index (χ0) is 13.7. The molecule has 2 rings (SSSR count). The van der Waals surface area contributed by atoms with Gasteiger partial charge in [0.2, 0.25) is 5.91 Å². The molecule has 0 aliphatic rings. The van der Waals surface area contributed by atoms with Crippen molar-refractivity contribution in [3.63, 3.8) is 0 Å². The van der Waals surface area contributed by atoms with E-state index in [-0.39, 0.29) is 18.1 Å². The van der Waals surface area contributed by atoms with Crippen LogP contribution in [0.3, 0.4) is 0 Å². The predicted octanol–water partition coefficient (Wildman–Crippen LogP) is 1.24. The second-order valence-electron chi connectivity index (χ2n) is 4.22. The number of rotatable bonds is 5. The molecule has 0 aliphatic heterocycles. The molecule has 1 aromatic heterocycles. The first kappa shape index (κ1) is 12.9. The van der Waals surface area contributed by atoms with Crippen molar-refractivity contribution in [2.75, 3.05) is 5.32 Å². The summed E-state index contributed by atoms with van der Waals surface area (Å²) in [4.78, 5) is 26.2. The molecule has 19 heavy (non-hydrogen) atoms. The van der Waals surface area contributed by atoms with Crippen LogP contribution < -0.4 is 5.32 Å². The summed E-state index contributed by atoms with van der Waals surface area (Å²) in [6.07, 6.45) is 2.99. The number of hydrogen-bond acceptors (Lipinski definition) is 4. The van der Waals surface area contributed by atoms with Crippen LogP contribution in [0.1, 0.15) is 18.9 Å². The first-order valence-corrected chi connectivity index (χ1v) is 5.84. The maximum atomic E-state index is 11.5. The van der Waals surface area contributed by atoms with Crippen LogP contribution in [0, 0.1) is 0 Å². The Kier molecular flexibility index (Phi) is 4.02. The first-order chi connectivity index (χ1) is 9.13. The standard InChI is InChI=1S/C13H14N4O2/c1-10(18)5-13(19)16-12-4-2-3-11(6-12)7-17-9-14-8-15-17/h2-4,6,8-9H,5,7H2,1H3,(H,16,19). The topological polar surface area (TPSA) is 76.9 Å². The van der Waals surface area contributed by atoms with Crippen LogP contribution in [-0.2, 0) is 16.1 Å². The van der Waals surface area contributed by atoms with Crippen LogP contribution in [0.2, 0.25) is 0 Å². The zero-order valence-electron chi connectivity index (χ0n) is 10.5. The maximum Gasteiger partial charge on any atom is 0.231 e. The molecule has 0 aliphatic carbocycles. The molecule has 1 aromatic carbocycles. The van der Waals surface area contributed by atoms with Gasteiger partial charge in [0.15, 0.2) is 0 Å². The fraction of sp³-hybridized carbons (Fsp3) is 0.231. The number of amides is 1. The molecule has 0 saturated heterocycles. The monoisotopic (exact) mass is 258 g/mol. The van der Waals surface area contributed by atoms with Gasteiger partial charge in [-0.15, -0.1) is 0 Å². The summed E-state index contributed by atoms with van der Waals surface area (Å²) in [6.45, 7) is 1.97. The van der Waals surface area contributed by atoms with E-state index in [1.165, 1.54) is 13.3 Å². The lowest BCUT2D eigenvalue weighted by atomic mass is 10.2. The second kappa shape index (κ2) is 5.90. The lowest BCUT2D eigenvalue weighted by molar-refractivity contribution is -0.124. The van der Waals surface area contributed by atoms with Gasteiger partial charge >= 0.3 is 0 Å². The predicted molar refractivity (Wildman–Crippen MR) is 69.5 cm³/mol. The molecular weight excluding hydrogens is 244 g/mol. The summed E-state index contributed by atoms with van der Waals surface area (Å²) in [6, 6.07) is 7.40. The van der Waals surface area contributed by atoms with E-state index in [9.17, 15) is 9.59 Å². The number of carbonyl (C=O) groups excluding carboxylic acids is 2. The zero-order valence-corrected chi connectivity index (χ0v) is 10.5. The van der Waals surface area contributed by atoms with Crippen molar-refractivity contribution in [1.82, 2.24) is 14.8 Å². The minimum Gasteiger partial charge on any atom is -0.326 e. The fourth-order valence-corrected chi connectivity index (χ4v) is 1.68. The third-order valence-corrected chi connectivity index (χ3v) is 2.43. The number of ketones is 1. The smallest absolute Gasteiger partial charge is 0.231 e. The number of aromatic nitrogens is 3. The Morgan fingerprint density at radius 1 is 1.37 bits per heavy atom. The molecule has 0 atom stereocenters. The highest BCUT2D eigenvalue weighted by molar-refractivity contribution is 6.03. The van der Waals surface area contributed by atoms with Crippen molar-refractivity contribution in [3.05, 3.63) is 42.5 Å². The molecule has 0 saturated carbocycles. The average Bonchev–Trinajstić information content (AvgIpc) is 2.81. The Hall–Kier alpha value is -2.50. The largest absolute Gasteiger partial charge is 0.326 e. The van der Waals surface area contributed by atoms with E-state index >= 15 is 0 Å². The summed E-state index contributed by atoms with van der Waals surface area (Å²) in [5, 5.41) is 6.70. The molecule has 6 nitrogen and oxygen atoms in total. The summed E-state index contributed by atoms with van der Waals surface area (Å²) < 4.78 is 1.69. The number of nitrogens with one attached hydrogen (secondary N) is 1. The van der Waals surface area contributed by atoms with Crippen molar-refractivity contribution in [3.8, 4) is 0 Å². The van der Waals surface area contributed by atoms with Crippen molar-refractivity contribution in [2.45, 2.75) is 19.9 Å². The van der Waals surface area contributed by atoms with Gasteiger partial charge in [-0.05, 0) is 24.6 Å².